The smallest absolute Gasteiger partial charge is 0.324 e. The minimum absolute atomic E-state index is 0.0390. The maximum absolute atomic E-state index is 12.2. The predicted molar refractivity (Wildman–Crippen MR) is 108 cm³/mol. The highest BCUT2D eigenvalue weighted by Gasteiger charge is 2.23. The van der Waals surface area contributed by atoms with Gasteiger partial charge in [-0.3, -0.25) is 24.5 Å². The van der Waals surface area contributed by atoms with Gasteiger partial charge in [0.25, 0.3) is 5.91 Å². The molecule has 2 amide bonds. The number of hydrogen-bond donors (Lipinski definition) is 3. The molecule has 154 valence electrons. The number of nitro groups is 1. The number of carbonyl (C=O) groups excluding carboxylic acids is 3. The van der Waals surface area contributed by atoms with E-state index in [4.69, 9.17) is 23.2 Å². The number of hydrogen-bond acceptors (Lipinski definition) is 7. The second kappa shape index (κ2) is 9.68. The van der Waals surface area contributed by atoms with Crippen molar-refractivity contribution in [3.63, 3.8) is 0 Å². The van der Waals surface area contributed by atoms with Crippen LogP contribution in [-0.2, 0) is 9.59 Å². The first kappa shape index (κ1) is 22.6. The molecule has 0 saturated carbocycles. The molecule has 2 aromatic rings. The molecule has 0 saturated heterocycles. The van der Waals surface area contributed by atoms with Crippen LogP contribution in [0.5, 0.6) is 5.75 Å². The lowest BCUT2D eigenvalue weighted by molar-refractivity contribution is -0.380. The number of halogens is 2. The Balaban J connectivity index is 2.07. The molecular weight excluding hydrogens is 445 g/mol. The van der Waals surface area contributed by atoms with Gasteiger partial charge in [0.15, 0.2) is 0 Å². The molecule has 2 rings (SSSR count). The van der Waals surface area contributed by atoms with Crippen LogP contribution in [0.15, 0.2) is 24.3 Å². The van der Waals surface area contributed by atoms with Crippen molar-refractivity contribution in [2.45, 2.75) is 19.4 Å². The Morgan fingerprint density at radius 1 is 1.28 bits per heavy atom. The average molecular weight is 460 g/mol. The van der Waals surface area contributed by atoms with Crippen molar-refractivity contribution in [1.29, 1.82) is 0 Å². The van der Waals surface area contributed by atoms with Gasteiger partial charge in [0.2, 0.25) is 5.91 Å². The van der Waals surface area contributed by atoms with Crippen LogP contribution in [0.3, 0.4) is 0 Å². The Bertz CT molecular complexity index is 978. The SMILES string of the molecule is CC(=O)CC(NC(=O)CNC(=O)c1ccc([N+](=O)[O-])s1)c1cc(Cl)cc(Cl)c1O. The molecule has 1 atom stereocenters. The van der Waals surface area contributed by atoms with Crippen molar-refractivity contribution >= 4 is 57.1 Å². The van der Waals surface area contributed by atoms with E-state index in [-0.39, 0.29) is 43.4 Å². The third kappa shape index (κ3) is 6.14. The van der Waals surface area contributed by atoms with E-state index in [1.807, 2.05) is 0 Å². The number of phenols is 1. The summed E-state index contributed by atoms with van der Waals surface area (Å²) in [4.78, 5) is 46.0. The standard InChI is InChI=1S/C17H15Cl2N3O6S/c1-8(23)4-12(10-5-9(18)6-11(19)16(10)25)21-14(24)7-20-17(26)13-2-3-15(29-13)22(27)28/h2-3,5-6,12,25H,4,7H2,1H3,(H,20,26)(H,21,24). The number of thiophene rings is 1. The topological polar surface area (TPSA) is 139 Å². The fraction of sp³-hybridized carbons (Fsp3) is 0.235. The van der Waals surface area contributed by atoms with Gasteiger partial charge in [-0.1, -0.05) is 34.5 Å². The van der Waals surface area contributed by atoms with Crippen molar-refractivity contribution < 1.29 is 24.4 Å². The van der Waals surface area contributed by atoms with Crippen LogP contribution in [0.1, 0.15) is 34.6 Å². The minimum Gasteiger partial charge on any atom is -0.506 e. The normalized spacial score (nSPS) is 11.6. The van der Waals surface area contributed by atoms with Crippen LogP contribution >= 0.6 is 34.5 Å². The summed E-state index contributed by atoms with van der Waals surface area (Å²) in [6, 6.07) is 4.24. The Morgan fingerprint density at radius 3 is 2.55 bits per heavy atom. The van der Waals surface area contributed by atoms with Gasteiger partial charge in [0.1, 0.15) is 11.5 Å². The maximum atomic E-state index is 12.2. The first-order valence-corrected chi connectivity index (χ1v) is 9.65. The monoisotopic (exact) mass is 459 g/mol. The van der Waals surface area contributed by atoms with Crippen LogP contribution in [0.4, 0.5) is 5.00 Å². The first-order chi connectivity index (χ1) is 13.6. The number of carbonyl (C=O) groups is 3. The Labute approximate surface area is 178 Å². The summed E-state index contributed by atoms with van der Waals surface area (Å²) in [5.74, 6) is -1.89. The Hall–Kier alpha value is -2.69. The number of nitrogens with zero attached hydrogens (tertiary/aromatic N) is 1. The Kier molecular flexibility index (Phi) is 7.54. The van der Waals surface area contributed by atoms with Gasteiger partial charge in [0.05, 0.1) is 27.4 Å². The molecule has 0 radical (unpaired) electrons. The second-order valence-corrected chi connectivity index (χ2v) is 7.84. The molecule has 1 heterocycles. The zero-order valence-electron chi connectivity index (χ0n) is 14.9. The van der Waals surface area contributed by atoms with Crippen LogP contribution < -0.4 is 10.6 Å². The zero-order valence-corrected chi connectivity index (χ0v) is 17.2. The van der Waals surface area contributed by atoms with Crippen molar-refractivity contribution in [3.05, 3.63) is 54.9 Å². The van der Waals surface area contributed by atoms with Gasteiger partial charge in [-0.25, -0.2) is 0 Å². The maximum Gasteiger partial charge on any atom is 0.324 e. The van der Waals surface area contributed by atoms with Crippen LogP contribution in [0.25, 0.3) is 0 Å². The number of Topliss-reactive ketones (excluding diaryl/α,β-unsaturated/α-hetero) is 1. The molecule has 0 fully saturated rings. The first-order valence-electron chi connectivity index (χ1n) is 8.07. The quantitative estimate of drug-likeness (QED) is 0.408. The van der Waals surface area contributed by atoms with E-state index >= 15 is 0 Å². The molecule has 1 aromatic carbocycles. The summed E-state index contributed by atoms with van der Waals surface area (Å²) in [6.07, 6.45) is -0.138. The van der Waals surface area contributed by atoms with Crippen molar-refractivity contribution in [2.75, 3.05) is 6.54 Å². The summed E-state index contributed by atoms with van der Waals surface area (Å²) in [6.45, 7) is 0.863. The van der Waals surface area contributed by atoms with E-state index in [9.17, 15) is 29.6 Å². The predicted octanol–water partition coefficient (Wildman–Crippen LogP) is 3.24. The molecule has 0 bridgehead atoms. The number of aromatic hydroxyl groups is 1. The van der Waals surface area contributed by atoms with Crippen molar-refractivity contribution in [1.82, 2.24) is 10.6 Å². The van der Waals surface area contributed by atoms with Gasteiger partial charge in [-0.2, -0.15) is 0 Å². The van der Waals surface area contributed by atoms with Gasteiger partial charge in [-0.15, -0.1) is 0 Å². The molecule has 0 aliphatic carbocycles. The highest BCUT2D eigenvalue weighted by Crippen LogP contribution is 2.36. The minimum atomic E-state index is -0.920. The number of phenolic OH excluding ortho intramolecular Hbond substituents is 1. The summed E-state index contributed by atoms with van der Waals surface area (Å²) in [5, 5.41) is 25.7. The third-order valence-corrected chi connectivity index (χ3v) is 5.21. The van der Waals surface area contributed by atoms with E-state index < -0.39 is 29.3 Å². The lowest BCUT2D eigenvalue weighted by atomic mass is 10.0. The molecule has 29 heavy (non-hydrogen) atoms. The van der Waals surface area contributed by atoms with E-state index in [1.165, 1.54) is 31.2 Å². The van der Waals surface area contributed by atoms with Crippen LogP contribution in [-0.4, -0.2) is 34.2 Å². The zero-order chi connectivity index (χ0) is 21.7. The van der Waals surface area contributed by atoms with E-state index in [0.717, 1.165) is 0 Å². The van der Waals surface area contributed by atoms with Gasteiger partial charge in [0, 0.05) is 23.1 Å². The fourth-order valence-electron chi connectivity index (χ4n) is 2.42. The molecule has 3 N–H and O–H groups in total. The highest BCUT2D eigenvalue weighted by atomic mass is 35.5. The van der Waals surface area contributed by atoms with Gasteiger partial charge >= 0.3 is 5.00 Å². The third-order valence-electron chi connectivity index (χ3n) is 3.66. The fourth-order valence-corrected chi connectivity index (χ4v) is 3.66. The molecule has 9 nitrogen and oxygen atoms in total. The molecule has 1 aromatic heterocycles. The average Bonchev–Trinajstić information content (AvgIpc) is 3.12. The lowest BCUT2D eigenvalue weighted by Gasteiger charge is -2.20. The van der Waals surface area contributed by atoms with E-state index in [1.54, 1.807) is 0 Å². The number of amides is 2. The highest BCUT2D eigenvalue weighted by molar-refractivity contribution is 7.17. The lowest BCUT2D eigenvalue weighted by Crippen LogP contribution is -2.39. The molecule has 0 spiro atoms. The summed E-state index contributed by atoms with van der Waals surface area (Å²) in [5.41, 5.74) is 0.159. The van der Waals surface area contributed by atoms with Crippen molar-refractivity contribution in [2.24, 2.45) is 0 Å². The number of benzene rings is 1. The van der Waals surface area contributed by atoms with Gasteiger partial charge < -0.3 is 15.7 Å². The summed E-state index contributed by atoms with van der Waals surface area (Å²) < 4.78 is 0. The van der Waals surface area contributed by atoms with E-state index in [2.05, 4.69) is 10.6 Å². The number of ketones is 1. The van der Waals surface area contributed by atoms with Crippen LogP contribution in [0, 0.1) is 10.1 Å². The van der Waals surface area contributed by atoms with E-state index in [0.29, 0.717) is 11.3 Å². The molecule has 0 aliphatic rings. The number of rotatable bonds is 8. The molecule has 1 unspecified atom stereocenters. The molecule has 12 heteroatoms. The van der Waals surface area contributed by atoms with Crippen LogP contribution in [0.2, 0.25) is 10.0 Å². The molecular formula is C17H15Cl2N3O6S. The van der Waals surface area contributed by atoms with Gasteiger partial charge in [-0.05, 0) is 25.1 Å². The molecule has 0 aliphatic heterocycles. The Morgan fingerprint density at radius 2 is 1.97 bits per heavy atom. The summed E-state index contributed by atoms with van der Waals surface area (Å²) >= 11 is 12.5. The second-order valence-electron chi connectivity index (χ2n) is 5.93. The number of nitrogens with one attached hydrogen (secondary N) is 2. The summed E-state index contributed by atoms with van der Waals surface area (Å²) in [7, 11) is 0. The van der Waals surface area contributed by atoms with Crippen molar-refractivity contribution in [3.8, 4) is 5.75 Å². The largest absolute Gasteiger partial charge is 0.506 e.